The van der Waals surface area contributed by atoms with E-state index in [1.54, 1.807) is 6.92 Å². The molecular formula is C10H10Cl2N4O2S. The predicted molar refractivity (Wildman–Crippen MR) is 75.0 cm³/mol. The van der Waals surface area contributed by atoms with Gasteiger partial charge in [0.15, 0.2) is 5.82 Å². The van der Waals surface area contributed by atoms with Crippen molar-refractivity contribution in [3.63, 3.8) is 0 Å². The van der Waals surface area contributed by atoms with Crippen LogP contribution >= 0.6 is 23.2 Å². The number of halogens is 2. The van der Waals surface area contributed by atoms with Gasteiger partial charge in [-0.1, -0.05) is 23.2 Å². The van der Waals surface area contributed by atoms with E-state index in [1.807, 2.05) is 0 Å². The summed E-state index contributed by atoms with van der Waals surface area (Å²) in [5, 5.41) is 6.66. The summed E-state index contributed by atoms with van der Waals surface area (Å²) >= 11 is 11.6. The van der Waals surface area contributed by atoms with E-state index in [0.29, 0.717) is 5.69 Å². The molecule has 0 saturated carbocycles. The summed E-state index contributed by atoms with van der Waals surface area (Å²) in [6.45, 7) is 1.67. The minimum absolute atomic E-state index is 0.0218. The largest absolute Gasteiger partial charge is 0.394 e. The van der Waals surface area contributed by atoms with Gasteiger partial charge in [0.1, 0.15) is 4.90 Å². The zero-order chi connectivity index (χ0) is 14.2. The number of H-pyrrole nitrogens is 1. The Morgan fingerprint density at radius 3 is 2.63 bits per heavy atom. The van der Waals surface area contributed by atoms with Crippen molar-refractivity contribution >= 4 is 44.7 Å². The Balaban J connectivity index is 2.43. The Labute approximate surface area is 120 Å². The normalized spacial score (nSPS) is 11.5. The lowest BCUT2D eigenvalue weighted by molar-refractivity contribution is 0.601. The van der Waals surface area contributed by atoms with Gasteiger partial charge in [-0.15, -0.1) is 0 Å². The molecular weight excluding hydrogens is 311 g/mol. The highest BCUT2D eigenvalue weighted by atomic mass is 35.5. The number of nitrogen functional groups attached to an aromatic ring is 1. The lowest BCUT2D eigenvalue weighted by Crippen LogP contribution is -2.14. The maximum absolute atomic E-state index is 12.2. The van der Waals surface area contributed by atoms with Gasteiger partial charge in [-0.3, -0.25) is 9.82 Å². The fourth-order valence-corrected chi connectivity index (χ4v) is 3.17. The number of aromatic amines is 1. The molecule has 1 aromatic heterocycles. The van der Waals surface area contributed by atoms with Crippen LogP contribution in [0.15, 0.2) is 23.1 Å². The van der Waals surface area contributed by atoms with Crippen LogP contribution in [0.3, 0.4) is 0 Å². The Morgan fingerprint density at radius 2 is 2.05 bits per heavy atom. The first-order valence-electron chi connectivity index (χ1n) is 5.09. The molecule has 0 unspecified atom stereocenters. The number of hydrogen-bond acceptors (Lipinski definition) is 4. The Hall–Kier alpha value is -1.44. The molecule has 0 atom stereocenters. The Morgan fingerprint density at radius 1 is 1.37 bits per heavy atom. The van der Waals surface area contributed by atoms with Gasteiger partial charge in [0.05, 0.1) is 16.4 Å². The molecule has 0 bridgehead atoms. The molecule has 0 saturated heterocycles. The van der Waals surface area contributed by atoms with Gasteiger partial charge in [0, 0.05) is 5.02 Å². The zero-order valence-electron chi connectivity index (χ0n) is 9.74. The average molecular weight is 321 g/mol. The highest BCUT2D eigenvalue weighted by Crippen LogP contribution is 2.28. The van der Waals surface area contributed by atoms with E-state index in [0.717, 1.165) is 0 Å². The van der Waals surface area contributed by atoms with E-state index >= 15 is 0 Å². The second-order valence-electron chi connectivity index (χ2n) is 3.79. The maximum Gasteiger partial charge on any atom is 0.264 e. The number of benzene rings is 1. The lowest BCUT2D eigenvalue weighted by atomic mass is 10.4. The third-order valence-electron chi connectivity index (χ3n) is 2.41. The van der Waals surface area contributed by atoms with Gasteiger partial charge < -0.3 is 5.73 Å². The van der Waals surface area contributed by atoms with E-state index in [9.17, 15) is 8.42 Å². The van der Waals surface area contributed by atoms with Crippen molar-refractivity contribution in [2.24, 2.45) is 0 Å². The summed E-state index contributed by atoms with van der Waals surface area (Å²) in [4.78, 5) is -0.137. The molecule has 19 heavy (non-hydrogen) atoms. The van der Waals surface area contributed by atoms with Crippen LogP contribution in [0, 0.1) is 6.92 Å². The van der Waals surface area contributed by atoms with E-state index in [-0.39, 0.29) is 26.4 Å². The standard InChI is InChI=1S/C10H10Cl2N4O2S/c1-5-9(13)10(15-14-5)16-19(17,18)8-4-6(11)2-3-7(8)12/h2-4H,13H2,1H3,(H2,14,15,16). The van der Waals surface area contributed by atoms with Crippen LogP contribution in [-0.4, -0.2) is 18.6 Å². The molecule has 0 aliphatic heterocycles. The molecule has 0 amide bonds. The monoisotopic (exact) mass is 320 g/mol. The fourth-order valence-electron chi connectivity index (χ4n) is 1.38. The number of rotatable bonds is 3. The first kappa shape index (κ1) is 14.0. The molecule has 9 heteroatoms. The van der Waals surface area contributed by atoms with Gasteiger partial charge >= 0.3 is 0 Å². The van der Waals surface area contributed by atoms with E-state index < -0.39 is 10.0 Å². The third kappa shape index (κ3) is 2.78. The quantitative estimate of drug-likeness (QED) is 0.808. The first-order valence-corrected chi connectivity index (χ1v) is 7.33. The number of hydrogen-bond donors (Lipinski definition) is 3. The molecule has 1 aromatic carbocycles. The summed E-state index contributed by atoms with van der Waals surface area (Å²) in [6.07, 6.45) is 0. The van der Waals surface area contributed by atoms with Crippen molar-refractivity contribution in [1.82, 2.24) is 10.2 Å². The molecule has 6 nitrogen and oxygen atoms in total. The topological polar surface area (TPSA) is 101 Å². The van der Waals surface area contributed by atoms with Gasteiger partial charge in [-0.05, 0) is 25.1 Å². The van der Waals surface area contributed by atoms with Crippen molar-refractivity contribution < 1.29 is 8.42 Å². The molecule has 0 radical (unpaired) electrons. The predicted octanol–water partition coefficient (Wildman–Crippen LogP) is 2.41. The second kappa shape index (κ2) is 4.92. The maximum atomic E-state index is 12.2. The molecule has 2 rings (SSSR count). The number of sulfonamides is 1. The van der Waals surface area contributed by atoms with Crippen molar-refractivity contribution in [3.05, 3.63) is 33.9 Å². The second-order valence-corrected chi connectivity index (χ2v) is 6.29. The van der Waals surface area contributed by atoms with Crippen molar-refractivity contribution in [3.8, 4) is 0 Å². The summed E-state index contributed by atoms with van der Waals surface area (Å²) in [6, 6.07) is 4.15. The number of aryl methyl sites for hydroxylation is 1. The van der Waals surface area contributed by atoms with Gasteiger partial charge in [0.2, 0.25) is 0 Å². The van der Waals surface area contributed by atoms with Crippen LogP contribution in [-0.2, 0) is 10.0 Å². The molecule has 2 aromatic rings. The van der Waals surface area contributed by atoms with Gasteiger partial charge in [-0.25, -0.2) is 8.42 Å². The highest BCUT2D eigenvalue weighted by molar-refractivity contribution is 7.92. The molecule has 102 valence electrons. The van der Waals surface area contributed by atoms with Crippen molar-refractivity contribution in [1.29, 1.82) is 0 Å². The van der Waals surface area contributed by atoms with Crippen LogP contribution in [0.4, 0.5) is 11.5 Å². The van der Waals surface area contributed by atoms with Crippen LogP contribution < -0.4 is 10.5 Å². The molecule has 0 spiro atoms. The minimum atomic E-state index is -3.90. The Kier molecular flexibility index (Phi) is 3.62. The van der Waals surface area contributed by atoms with Crippen LogP contribution in [0.2, 0.25) is 10.0 Å². The highest BCUT2D eigenvalue weighted by Gasteiger charge is 2.21. The number of nitrogens with one attached hydrogen (secondary N) is 2. The van der Waals surface area contributed by atoms with E-state index in [1.165, 1.54) is 18.2 Å². The van der Waals surface area contributed by atoms with Crippen LogP contribution in [0.5, 0.6) is 0 Å². The molecule has 4 N–H and O–H groups in total. The van der Waals surface area contributed by atoms with E-state index in [4.69, 9.17) is 28.9 Å². The Bertz CT molecular complexity index is 727. The third-order valence-corrected chi connectivity index (χ3v) is 4.46. The smallest absolute Gasteiger partial charge is 0.264 e. The first-order chi connectivity index (χ1) is 8.81. The number of aromatic nitrogens is 2. The zero-order valence-corrected chi connectivity index (χ0v) is 12.1. The number of nitrogens with zero attached hydrogens (tertiary/aromatic N) is 1. The summed E-state index contributed by atoms with van der Waals surface area (Å²) < 4.78 is 26.6. The summed E-state index contributed by atoms with van der Waals surface area (Å²) in [5.74, 6) is 0.0218. The van der Waals surface area contributed by atoms with Gasteiger partial charge in [-0.2, -0.15) is 5.10 Å². The van der Waals surface area contributed by atoms with Crippen LogP contribution in [0.25, 0.3) is 0 Å². The number of anilines is 2. The van der Waals surface area contributed by atoms with Gasteiger partial charge in [0.25, 0.3) is 10.0 Å². The molecule has 0 aliphatic rings. The van der Waals surface area contributed by atoms with Crippen molar-refractivity contribution in [2.75, 3.05) is 10.5 Å². The SMILES string of the molecule is Cc1[nH]nc(NS(=O)(=O)c2cc(Cl)ccc2Cl)c1N. The molecule has 0 aliphatic carbocycles. The minimum Gasteiger partial charge on any atom is -0.394 e. The number of nitrogens with two attached hydrogens (primary N) is 1. The summed E-state index contributed by atoms with van der Waals surface area (Å²) in [7, 11) is -3.90. The lowest BCUT2D eigenvalue weighted by Gasteiger charge is -2.08. The van der Waals surface area contributed by atoms with Crippen LogP contribution in [0.1, 0.15) is 5.69 Å². The molecule has 0 fully saturated rings. The average Bonchev–Trinajstić information content (AvgIpc) is 2.63. The summed E-state index contributed by atoms with van der Waals surface area (Å²) in [5.41, 5.74) is 6.46. The fraction of sp³-hybridized carbons (Fsp3) is 0.100. The van der Waals surface area contributed by atoms with Crippen molar-refractivity contribution in [2.45, 2.75) is 11.8 Å². The molecule has 1 heterocycles. The van der Waals surface area contributed by atoms with E-state index in [2.05, 4.69) is 14.9 Å².